The van der Waals surface area contributed by atoms with Crippen LogP contribution in [0.1, 0.15) is 23.3 Å². The molecule has 4 aromatic rings. The number of hydrogen-bond acceptors (Lipinski definition) is 7. The van der Waals surface area contributed by atoms with Crippen LogP contribution in [-0.2, 0) is 0 Å². The number of carbonyl (C=O) groups excluding carboxylic acids is 1. The van der Waals surface area contributed by atoms with E-state index in [0.29, 0.717) is 23.2 Å². The van der Waals surface area contributed by atoms with Gasteiger partial charge in [-0.15, -0.1) is 0 Å². The Morgan fingerprint density at radius 3 is 2.82 bits per heavy atom. The van der Waals surface area contributed by atoms with Crippen LogP contribution < -0.4 is 15.9 Å². The molecule has 0 spiro atoms. The third kappa shape index (κ3) is 3.87. The second kappa shape index (κ2) is 7.98. The average Bonchev–Trinajstić information content (AvgIpc) is 3.59. The van der Waals surface area contributed by atoms with E-state index < -0.39 is 0 Å². The number of pyridine rings is 3. The molecule has 1 fully saturated rings. The Hall–Kier alpha value is -4.33. The number of amides is 1. The average molecular weight is 435 g/mol. The third-order valence-electron chi connectivity index (χ3n) is 5.94. The number of nitrogens with zero attached hydrogens (tertiary/aromatic N) is 5. The molecular formula is C25H21N7O. The SMILES string of the molecule is O=C(Nc1cccc(N2NN=CC2C2CC2)n1)c1cc(-c2cnc3ccccc3c2)ccn1. The van der Waals surface area contributed by atoms with Gasteiger partial charge in [-0.05, 0) is 60.7 Å². The van der Waals surface area contributed by atoms with E-state index in [1.54, 1.807) is 18.3 Å². The molecule has 0 saturated heterocycles. The minimum Gasteiger partial charge on any atom is -0.305 e. The molecule has 1 aliphatic heterocycles. The highest BCUT2D eigenvalue weighted by Gasteiger charge is 2.37. The highest BCUT2D eigenvalue weighted by atomic mass is 16.1. The lowest BCUT2D eigenvalue weighted by Gasteiger charge is -2.23. The topological polar surface area (TPSA) is 95.4 Å². The Kier molecular flexibility index (Phi) is 4.68. The maximum atomic E-state index is 12.9. The van der Waals surface area contributed by atoms with Crippen molar-refractivity contribution in [1.82, 2.24) is 20.5 Å². The monoisotopic (exact) mass is 435 g/mol. The number of fused-ring (bicyclic) bond motifs is 1. The molecule has 1 unspecified atom stereocenters. The number of benzene rings is 1. The highest BCUT2D eigenvalue weighted by Crippen LogP contribution is 2.36. The highest BCUT2D eigenvalue weighted by molar-refractivity contribution is 6.03. The lowest BCUT2D eigenvalue weighted by Crippen LogP contribution is -2.40. The molecule has 2 aliphatic rings. The molecule has 4 heterocycles. The Morgan fingerprint density at radius 1 is 1.00 bits per heavy atom. The van der Waals surface area contributed by atoms with Crippen LogP contribution in [0.15, 0.2) is 78.2 Å². The molecule has 1 amide bonds. The minimum absolute atomic E-state index is 0.192. The molecule has 2 N–H and O–H groups in total. The van der Waals surface area contributed by atoms with E-state index in [9.17, 15) is 4.79 Å². The van der Waals surface area contributed by atoms with E-state index in [1.165, 1.54) is 12.8 Å². The maximum Gasteiger partial charge on any atom is 0.275 e. The second-order valence-electron chi connectivity index (χ2n) is 8.26. The van der Waals surface area contributed by atoms with Crippen LogP contribution >= 0.6 is 0 Å². The van der Waals surface area contributed by atoms with Gasteiger partial charge in [-0.3, -0.25) is 14.8 Å². The largest absolute Gasteiger partial charge is 0.305 e. The van der Waals surface area contributed by atoms with E-state index in [1.807, 2.05) is 59.9 Å². The Bertz CT molecular complexity index is 1380. The van der Waals surface area contributed by atoms with Crippen LogP contribution in [0.3, 0.4) is 0 Å². The van der Waals surface area contributed by atoms with Gasteiger partial charge in [0.2, 0.25) is 0 Å². The molecule has 162 valence electrons. The van der Waals surface area contributed by atoms with E-state index in [4.69, 9.17) is 0 Å². The van der Waals surface area contributed by atoms with Gasteiger partial charge < -0.3 is 5.32 Å². The van der Waals surface area contributed by atoms with Crippen LogP contribution in [0.2, 0.25) is 0 Å². The van der Waals surface area contributed by atoms with E-state index in [2.05, 4.69) is 37.0 Å². The van der Waals surface area contributed by atoms with Gasteiger partial charge in [-0.1, -0.05) is 24.3 Å². The van der Waals surface area contributed by atoms with Gasteiger partial charge in [-0.2, -0.15) is 5.10 Å². The normalized spacial score (nSPS) is 17.2. The van der Waals surface area contributed by atoms with Crippen LogP contribution in [0.5, 0.6) is 0 Å². The van der Waals surface area contributed by atoms with Gasteiger partial charge in [0, 0.05) is 23.3 Å². The van der Waals surface area contributed by atoms with Crippen molar-refractivity contribution in [2.75, 3.05) is 10.3 Å². The first-order valence-corrected chi connectivity index (χ1v) is 10.9. The fourth-order valence-electron chi connectivity index (χ4n) is 4.05. The van der Waals surface area contributed by atoms with Crippen molar-refractivity contribution in [3.63, 3.8) is 0 Å². The molecule has 6 rings (SSSR count). The second-order valence-corrected chi connectivity index (χ2v) is 8.26. The summed E-state index contributed by atoms with van der Waals surface area (Å²) in [6.45, 7) is 0. The fourth-order valence-corrected chi connectivity index (χ4v) is 4.05. The lowest BCUT2D eigenvalue weighted by molar-refractivity contribution is 0.102. The number of hydrazine groups is 1. The number of nitrogens with one attached hydrogen (secondary N) is 2. The predicted molar refractivity (Wildman–Crippen MR) is 128 cm³/mol. The molecule has 8 nitrogen and oxygen atoms in total. The van der Waals surface area contributed by atoms with Crippen LogP contribution in [-0.4, -0.2) is 33.1 Å². The van der Waals surface area contributed by atoms with Crippen molar-refractivity contribution in [1.29, 1.82) is 0 Å². The predicted octanol–water partition coefficient (Wildman–Crippen LogP) is 4.03. The smallest absolute Gasteiger partial charge is 0.275 e. The molecule has 1 aliphatic carbocycles. The zero-order valence-electron chi connectivity index (χ0n) is 17.7. The van der Waals surface area contributed by atoms with Gasteiger partial charge in [0.15, 0.2) is 5.82 Å². The molecule has 0 radical (unpaired) electrons. The van der Waals surface area contributed by atoms with Crippen molar-refractivity contribution in [2.45, 2.75) is 18.9 Å². The summed E-state index contributed by atoms with van der Waals surface area (Å²) in [6, 6.07) is 19.4. The maximum absolute atomic E-state index is 12.9. The first kappa shape index (κ1) is 19.4. The summed E-state index contributed by atoms with van der Waals surface area (Å²) in [7, 11) is 0. The summed E-state index contributed by atoms with van der Waals surface area (Å²) >= 11 is 0. The summed E-state index contributed by atoms with van der Waals surface area (Å²) in [5.74, 6) is 1.45. The molecular weight excluding hydrogens is 414 g/mol. The van der Waals surface area contributed by atoms with Gasteiger partial charge in [-0.25, -0.2) is 15.5 Å². The summed E-state index contributed by atoms with van der Waals surface area (Å²) in [4.78, 5) is 26.3. The first-order valence-electron chi connectivity index (χ1n) is 10.9. The molecule has 0 bridgehead atoms. The van der Waals surface area contributed by atoms with E-state index >= 15 is 0 Å². The number of anilines is 2. The number of rotatable bonds is 5. The van der Waals surface area contributed by atoms with Crippen LogP contribution in [0.25, 0.3) is 22.0 Å². The van der Waals surface area contributed by atoms with Gasteiger partial charge >= 0.3 is 0 Å². The van der Waals surface area contributed by atoms with E-state index in [-0.39, 0.29) is 11.9 Å². The summed E-state index contributed by atoms with van der Waals surface area (Å²) in [5, 5.41) is 10.0. The Balaban J connectivity index is 1.22. The minimum atomic E-state index is -0.320. The Morgan fingerprint density at radius 2 is 1.91 bits per heavy atom. The van der Waals surface area contributed by atoms with Gasteiger partial charge in [0.05, 0.1) is 17.8 Å². The van der Waals surface area contributed by atoms with Gasteiger partial charge in [0.25, 0.3) is 5.91 Å². The molecule has 3 aromatic heterocycles. The van der Waals surface area contributed by atoms with Crippen molar-refractivity contribution >= 4 is 34.7 Å². The number of hydrazone groups is 1. The van der Waals surface area contributed by atoms with Crippen LogP contribution in [0.4, 0.5) is 11.6 Å². The number of para-hydroxylation sites is 1. The van der Waals surface area contributed by atoms with Crippen molar-refractivity contribution < 1.29 is 4.79 Å². The fraction of sp³-hybridized carbons (Fsp3) is 0.160. The Labute approximate surface area is 190 Å². The van der Waals surface area contributed by atoms with E-state index in [0.717, 1.165) is 22.0 Å². The summed E-state index contributed by atoms with van der Waals surface area (Å²) in [6.07, 6.45) is 7.75. The quantitative estimate of drug-likeness (QED) is 0.491. The third-order valence-corrected chi connectivity index (χ3v) is 5.94. The first-order chi connectivity index (χ1) is 16.2. The summed E-state index contributed by atoms with van der Waals surface area (Å²) in [5.41, 5.74) is 6.05. The molecule has 1 aromatic carbocycles. The van der Waals surface area contributed by atoms with Crippen molar-refractivity contribution in [3.8, 4) is 11.1 Å². The number of hydrogen-bond donors (Lipinski definition) is 2. The molecule has 1 atom stereocenters. The zero-order chi connectivity index (χ0) is 22.2. The zero-order valence-corrected chi connectivity index (χ0v) is 17.7. The molecule has 8 heteroatoms. The molecule has 1 saturated carbocycles. The van der Waals surface area contributed by atoms with Crippen LogP contribution in [0, 0.1) is 5.92 Å². The number of aromatic nitrogens is 3. The van der Waals surface area contributed by atoms with Crippen molar-refractivity contribution in [2.24, 2.45) is 11.0 Å². The molecule has 33 heavy (non-hydrogen) atoms. The lowest BCUT2D eigenvalue weighted by atomic mass is 10.1. The number of carbonyl (C=O) groups is 1. The summed E-state index contributed by atoms with van der Waals surface area (Å²) < 4.78 is 0. The van der Waals surface area contributed by atoms with Crippen molar-refractivity contribution in [3.05, 3.63) is 78.8 Å². The standard InChI is InChI=1S/C25H21N7O/c33-25(30-23-6-3-7-24(29-23)32-22(15-28-31-32)16-8-9-16)21-13-17(10-11-26-21)19-12-18-4-1-2-5-20(18)27-14-19/h1-7,10-16,22,31H,8-9H2,(H,29,30,33). The van der Waals surface area contributed by atoms with Gasteiger partial charge in [0.1, 0.15) is 11.5 Å².